The molecule has 2 rings (SSSR count). The molecule has 0 bridgehead atoms. The van der Waals surface area contributed by atoms with Gasteiger partial charge >= 0.3 is 0 Å². The largest absolute Gasteiger partial charge is 0.316 e. The molecule has 1 aromatic rings. The Balaban J connectivity index is 1.99. The first kappa shape index (κ1) is 13.7. The summed E-state index contributed by atoms with van der Waals surface area (Å²) in [6, 6.07) is 0. The van der Waals surface area contributed by atoms with Crippen molar-refractivity contribution in [3.63, 3.8) is 0 Å². The summed E-state index contributed by atoms with van der Waals surface area (Å²) in [5.74, 6) is 0.838. The predicted octanol–water partition coefficient (Wildman–Crippen LogP) is 1.86. The van der Waals surface area contributed by atoms with Crippen LogP contribution in [0.4, 0.5) is 0 Å². The zero-order chi connectivity index (χ0) is 13.1. The fraction of sp³-hybridized carbons (Fsp3) is 0.692. The lowest BCUT2D eigenvalue weighted by Gasteiger charge is -2.07. The molecular formula is C13H20BrN3O. The predicted molar refractivity (Wildman–Crippen MR) is 74.6 cm³/mol. The highest BCUT2D eigenvalue weighted by atomic mass is 79.9. The zero-order valence-electron chi connectivity index (χ0n) is 11.0. The molecule has 18 heavy (non-hydrogen) atoms. The molecule has 1 unspecified atom stereocenters. The van der Waals surface area contributed by atoms with Crippen molar-refractivity contribution in [3.05, 3.63) is 15.9 Å². The molecule has 1 aromatic heterocycles. The lowest BCUT2D eigenvalue weighted by Crippen LogP contribution is -2.15. The van der Waals surface area contributed by atoms with Gasteiger partial charge in [0.15, 0.2) is 0 Å². The summed E-state index contributed by atoms with van der Waals surface area (Å²) >= 11 is 3.56. The van der Waals surface area contributed by atoms with Crippen molar-refractivity contribution >= 4 is 21.7 Å². The standard InChI is InChI=1S/C13H20BrN3O/c1-3-11-13(14)12(17(2)16-11)7-10(18)6-9-4-5-15-8-9/h9,15H,3-8H2,1-2H3. The summed E-state index contributed by atoms with van der Waals surface area (Å²) in [5, 5.41) is 7.72. The molecule has 5 heteroatoms. The Morgan fingerprint density at radius 2 is 2.39 bits per heavy atom. The number of aryl methyl sites for hydroxylation is 2. The van der Waals surface area contributed by atoms with Gasteiger partial charge in [0, 0.05) is 19.9 Å². The van der Waals surface area contributed by atoms with Crippen LogP contribution in [0.1, 0.15) is 31.2 Å². The minimum atomic E-state index is 0.315. The smallest absolute Gasteiger partial charge is 0.139 e. The lowest BCUT2D eigenvalue weighted by atomic mass is 9.99. The molecule has 1 saturated heterocycles. The van der Waals surface area contributed by atoms with Crippen LogP contribution in [-0.2, 0) is 24.7 Å². The Labute approximate surface area is 116 Å². The Morgan fingerprint density at radius 1 is 1.61 bits per heavy atom. The van der Waals surface area contributed by atoms with Gasteiger partial charge in [0.05, 0.1) is 15.9 Å². The second-order valence-electron chi connectivity index (χ2n) is 4.96. The minimum Gasteiger partial charge on any atom is -0.316 e. The van der Waals surface area contributed by atoms with Crippen LogP contribution in [0.3, 0.4) is 0 Å². The van der Waals surface area contributed by atoms with E-state index in [-0.39, 0.29) is 0 Å². The van der Waals surface area contributed by atoms with Gasteiger partial charge in [-0.15, -0.1) is 0 Å². The van der Waals surface area contributed by atoms with E-state index in [1.165, 1.54) is 0 Å². The van der Waals surface area contributed by atoms with E-state index in [9.17, 15) is 4.79 Å². The van der Waals surface area contributed by atoms with E-state index >= 15 is 0 Å². The number of nitrogens with zero attached hydrogens (tertiary/aromatic N) is 2. The summed E-state index contributed by atoms with van der Waals surface area (Å²) < 4.78 is 2.83. The Bertz CT molecular complexity index is 436. The van der Waals surface area contributed by atoms with Crippen molar-refractivity contribution in [3.8, 4) is 0 Å². The summed E-state index contributed by atoms with van der Waals surface area (Å²) in [5.41, 5.74) is 2.03. The SMILES string of the molecule is CCc1nn(C)c(CC(=O)CC2CCNC2)c1Br. The maximum absolute atomic E-state index is 12.1. The van der Waals surface area contributed by atoms with Gasteiger partial charge in [0.1, 0.15) is 5.78 Å². The van der Waals surface area contributed by atoms with E-state index in [4.69, 9.17) is 0 Å². The number of Topliss-reactive ketones (excluding diaryl/α,β-unsaturated/α-hetero) is 1. The van der Waals surface area contributed by atoms with E-state index in [1.807, 2.05) is 11.7 Å². The second-order valence-corrected chi connectivity index (χ2v) is 5.76. The van der Waals surface area contributed by atoms with Crippen molar-refractivity contribution in [1.29, 1.82) is 0 Å². The normalized spacial score (nSPS) is 19.4. The van der Waals surface area contributed by atoms with E-state index in [0.717, 1.165) is 41.8 Å². The summed E-state index contributed by atoms with van der Waals surface area (Å²) in [7, 11) is 1.91. The third-order valence-corrected chi connectivity index (χ3v) is 4.46. The topological polar surface area (TPSA) is 46.9 Å². The van der Waals surface area contributed by atoms with Gasteiger partial charge in [-0.05, 0) is 47.8 Å². The number of hydrogen-bond acceptors (Lipinski definition) is 3. The Morgan fingerprint density at radius 3 is 2.94 bits per heavy atom. The molecule has 0 radical (unpaired) electrons. The van der Waals surface area contributed by atoms with Crippen LogP contribution in [0.25, 0.3) is 0 Å². The van der Waals surface area contributed by atoms with Crippen molar-refractivity contribution in [1.82, 2.24) is 15.1 Å². The summed E-state index contributed by atoms with van der Waals surface area (Å²) in [6.07, 6.45) is 3.18. The first-order chi connectivity index (χ1) is 8.61. The van der Waals surface area contributed by atoms with Crippen LogP contribution in [0.2, 0.25) is 0 Å². The number of halogens is 1. The third-order valence-electron chi connectivity index (χ3n) is 3.55. The molecule has 1 N–H and O–H groups in total. The molecule has 4 nitrogen and oxygen atoms in total. The van der Waals surface area contributed by atoms with Gasteiger partial charge in [0.25, 0.3) is 0 Å². The molecule has 0 aromatic carbocycles. The van der Waals surface area contributed by atoms with Crippen LogP contribution in [0, 0.1) is 5.92 Å². The van der Waals surface area contributed by atoms with Crippen molar-refractivity contribution in [2.45, 2.75) is 32.6 Å². The molecule has 1 aliphatic rings. The Kier molecular flexibility index (Phi) is 4.56. The van der Waals surface area contributed by atoms with Crippen molar-refractivity contribution in [2.24, 2.45) is 13.0 Å². The van der Waals surface area contributed by atoms with Gasteiger partial charge in [-0.25, -0.2) is 0 Å². The lowest BCUT2D eigenvalue weighted by molar-refractivity contribution is -0.119. The van der Waals surface area contributed by atoms with Crippen LogP contribution in [0.5, 0.6) is 0 Å². The van der Waals surface area contributed by atoms with Crippen LogP contribution < -0.4 is 5.32 Å². The molecule has 1 atom stereocenters. The minimum absolute atomic E-state index is 0.315. The highest BCUT2D eigenvalue weighted by Crippen LogP contribution is 2.23. The monoisotopic (exact) mass is 313 g/mol. The van der Waals surface area contributed by atoms with Crippen LogP contribution in [-0.4, -0.2) is 28.7 Å². The first-order valence-corrected chi connectivity index (χ1v) is 7.33. The molecular weight excluding hydrogens is 294 g/mol. The average molecular weight is 314 g/mol. The molecule has 1 fully saturated rings. The van der Waals surface area contributed by atoms with E-state index in [2.05, 4.69) is 33.3 Å². The quantitative estimate of drug-likeness (QED) is 0.902. The number of carbonyl (C=O) groups excluding carboxylic acids is 1. The Hall–Kier alpha value is -0.680. The molecule has 1 aliphatic heterocycles. The number of rotatable bonds is 5. The molecule has 0 aliphatic carbocycles. The van der Waals surface area contributed by atoms with Crippen molar-refractivity contribution < 1.29 is 4.79 Å². The number of aromatic nitrogens is 2. The third kappa shape index (κ3) is 3.01. The number of carbonyl (C=O) groups is 1. The summed E-state index contributed by atoms with van der Waals surface area (Å²) in [6.45, 7) is 4.11. The number of hydrogen-bond donors (Lipinski definition) is 1. The van der Waals surface area contributed by atoms with Crippen LogP contribution in [0.15, 0.2) is 4.47 Å². The number of nitrogens with one attached hydrogen (secondary N) is 1. The number of ketones is 1. The maximum Gasteiger partial charge on any atom is 0.139 e. The van der Waals surface area contributed by atoms with Gasteiger partial charge in [-0.3, -0.25) is 9.48 Å². The van der Waals surface area contributed by atoms with E-state index in [0.29, 0.717) is 24.5 Å². The maximum atomic E-state index is 12.1. The molecule has 2 heterocycles. The average Bonchev–Trinajstić information content (AvgIpc) is 2.92. The van der Waals surface area contributed by atoms with Crippen molar-refractivity contribution in [2.75, 3.05) is 13.1 Å². The second kappa shape index (κ2) is 5.97. The molecule has 100 valence electrons. The highest BCUT2D eigenvalue weighted by molar-refractivity contribution is 9.10. The van der Waals surface area contributed by atoms with E-state index < -0.39 is 0 Å². The van der Waals surface area contributed by atoms with Gasteiger partial charge in [0.2, 0.25) is 0 Å². The van der Waals surface area contributed by atoms with E-state index in [1.54, 1.807) is 0 Å². The molecule has 0 saturated carbocycles. The van der Waals surface area contributed by atoms with Gasteiger partial charge < -0.3 is 5.32 Å². The zero-order valence-corrected chi connectivity index (χ0v) is 12.6. The first-order valence-electron chi connectivity index (χ1n) is 6.54. The highest BCUT2D eigenvalue weighted by Gasteiger charge is 2.20. The molecule has 0 amide bonds. The van der Waals surface area contributed by atoms with Gasteiger partial charge in [-0.2, -0.15) is 5.10 Å². The summed E-state index contributed by atoms with van der Waals surface area (Å²) in [4.78, 5) is 12.1. The van der Waals surface area contributed by atoms with Gasteiger partial charge in [-0.1, -0.05) is 6.92 Å². The fourth-order valence-corrected chi connectivity index (χ4v) is 3.24. The van der Waals surface area contributed by atoms with Crippen LogP contribution >= 0.6 is 15.9 Å². The molecule has 0 spiro atoms. The fourth-order valence-electron chi connectivity index (χ4n) is 2.48.